The Hall–Kier alpha value is -5.45. The molecule has 43 heavy (non-hydrogen) atoms. The maximum atomic E-state index is 9.44. The molecule has 6 aromatic carbocycles. The molecule has 0 aliphatic carbocycles. The third-order valence-corrected chi connectivity index (χ3v) is 7.92. The summed E-state index contributed by atoms with van der Waals surface area (Å²) in [6.45, 7) is 0. The summed E-state index contributed by atoms with van der Waals surface area (Å²) in [5, 5.41) is -0.0117. The summed E-state index contributed by atoms with van der Waals surface area (Å²) in [4.78, 5) is 14.4. The van der Waals surface area contributed by atoms with Crippen molar-refractivity contribution >= 4 is 31.5 Å². The van der Waals surface area contributed by atoms with E-state index in [4.69, 9.17) is 24.5 Å². The van der Waals surface area contributed by atoms with Gasteiger partial charge in [0.15, 0.2) is 17.5 Å². The van der Waals surface area contributed by atoms with Crippen molar-refractivity contribution in [3.63, 3.8) is 0 Å². The molecule has 0 aliphatic rings. The first-order valence-electron chi connectivity index (χ1n) is 18.9. The Labute approximate surface area is 269 Å². The van der Waals surface area contributed by atoms with Gasteiger partial charge >= 0.3 is 0 Å². The molecular formula is C39H25N3S. The third kappa shape index (κ3) is 4.78. The fraction of sp³-hybridized carbons (Fsp3) is 0. The van der Waals surface area contributed by atoms with Crippen molar-refractivity contribution < 1.29 is 15.1 Å². The summed E-state index contributed by atoms with van der Waals surface area (Å²) in [5.74, 6) is 0.538. The molecule has 8 rings (SSSR count). The zero-order chi connectivity index (χ0) is 38.2. The second-order valence-corrected chi connectivity index (χ2v) is 10.6. The van der Waals surface area contributed by atoms with Crippen LogP contribution in [0.2, 0.25) is 0 Å². The Morgan fingerprint density at radius 1 is 0.419 bits per heavy atom. The minimum atomic E-state index is -0.655. The minimum absolute atomic E-state index is 0.00727. The van der Waals surface area contributed by atoms with Crippen molar-refractivity contribution in [1.29, 1.82) is 0 Å². The largest absolute Gasteiger partial charge is 0.208 e. The lowest BCUT2D eigenvalue weighted by Gasteiger charge is -2.12. The summed E-state index contributed by atoms with van der Waals surface area (Å²) in [6, 6.07) is 20.9. The first-order chi connectivity index (χ1) is 25.9. The number of hydrogen-bond donors (Lipinski definition) is 0. The van der Waals surface area contributed by atoms with Gasteiger partial charge in [0.05, 0.1) is 15.1 Å². The van der Waals surface area contributed by atoms with Gasteiger partial charge in [0.1, 0.15) is 0 Å². The molecule has 2 heterocycles. The van der Waals surface area contributed by atoms with Crippen LogP contribution in [0.25, 0.3) is 76.6 Å². The number of rotatable bonds is 5. The monoisotopic (exact) mass is 578 g/mol. The van der Waals surface area contributed by atoms with Gasteiger partial charge in [-0.2, -0.15) is 0 Å². The first kappa shape index (κ1) is 16.3. The van der Waals surface area contributed by atoms with Gasteiger partial charge in [-0.15, -0.1) is 11.3 Å². The topological polar surface area (TPSA) is 38.7 Å². The minimum Gasteiger partial charge on any atom is -0.208 e. The number of fused-ring (bicyclic) bond motifs is 3. The molecule has 3 nitrogen and oxygen atoms in total. The van der Waals surface area contributed by atoms with Gasteiger partial charge in [0.25, 0.3) is 0 Å². The molecule has 0 saturated heterocycles. The second-order valence-electron chi connectivity index (χ2n) is 9.59. The normalized spacial score (nSPS) is 14.8. The number of thiophene rings is 1. The van der Waals surface area contributed by atoms with Gasteiger partial charge in [-0.3, -0.25) is 0 Å². The summed E-state index contributed by atoms with van der Waals surface area (Å²) in [5.41, 5.74) is 2.27. The van der Waals surface area contributed by atoms with E-state index in [0.29, 0.717) is 11.1 Å². The maximum Gasteiger partial charge on any atom is 0.164 e. The smallest absolute Gasteiger partial charge is 0.164 e. The Morgan fingerprint density at radius 3 is 1.81 bits per heavy atom. The van der Waals surface area contributed by atoms with E-state index in [9.17, 15) is 5.48 Å². The van der Waals surface area contributed by atoms with Crippen LogP contribution in [0.1, 0.15) is 15.1 Å². The zero-order valence-corrected chi connectivity index (χ0v) is 23.1. The average molecular weight is 579 g/mol. The highest BCUT2D eigenvalue weighted by Crippen LogP contribution is 2.39. The highest BCUT2D eigenvalue weighted by molar-refractivity contribution is 7.25. The Kier molecular flexibility index (Phi) is 4.06. The Morgan fingerprint density at radius 2 is 1.05 bits per heavy atom. The number of aromatic nitrogens is 3. The molecule has 0 amide bonds. The summed E-state index contributed by atoms with van der Waals surface area (Å²) in [6.07, 6.45) is 0. The molecular weight excluding hydrogens is 543 g/mol. The van der Waals surface area contributed by atoms with E-state index in [-0.39, 0.29) is 60.9 Å². The van der Waals surface area contributed by atoms with Crippen LogP contribution in [-0.2, 0) is 0 Å². The molecule has 0 saturated carbocycles. The predicted octanol–water partition coefficient (Wildman–Crippen LogP) is 10.6. The highest BCUT2D eigenvalue weighted by atomic mass is 32.1. The summed E-state index contributed by atoms with van der Waals surface area (Å²) < 4.78 is 96.5. The fourth-order valence-electron chi connectivity index (χ4n) is 4.87. The van der Waals surface area contributed by atoms with Crippen LogP contribution in [0.15, 0.2) is 151 Å². The molecule has 0 spiro atoms. The SMILES string of the molecule is [2H]c1c([2H])c([2H])c(-c2c([2H])c([2H])c3sc4c([2H])c(-c5nc(-c6ccccc6)nc(-c6ccccc6-c6ccccc6)n5)c([2H])c([2H])c4c3c2[2H])c([2H])c1[2H]. The first-order valence-corrected chi connectivity index (χ1v) is 14.2. The van der Waals surface area contributed by atoms with Crippen molar-refractivity contribution in [3.05, 3.63) is 151 Å². The van der Waals surface area contributed by atoms with E-state index in [2.05, 4.69) is 0 Å². The molecule has 2 aromatic heterocycles. The van der Waals surface area contributed by atoms with Gasteiger partial charge in [-0.25, -0.2) is 15.0 Å². The summed E-state index contributed by atoms with van der Waals surface area (Å²) in [7, 11) is 0. The van der Waals surface area contributed by atoms with E-state index in [1.165, 1.54) is 0 Å². The predicted molar refractivity (Wildman–Crippen MR) is 180 cm³/mol. The molecule has 202 valence electrons. The summed E-state index contributed by atoms with van der Waals surface area (Å²) >= 11 is 0.910. The van der Waals surface area contributed by atoms with Crippen molar-refractivity contribution in [2.45, 2.75) is 0 Å². The van der Waals surface area contributed by atoms with Crippen LogP contribution in [-0.4, -0.2) is 15.0 Å². The van der Waals surface area contributed by atoms with E-state index < -0.39 is 59.9 Å². The molecule has 8 aromatic rings. The van der Waals surface area contributed by atoms with Crippen molar-refractivity contribution in [1.82, 2.24) is 15.0 Å². The Bertz CT molecular complexity index is 2820. The van der Waals surface area contributed by atoms with Crippen LogP contribution in [0.5, 0.6) is 0 Å². The van der Waals surface area contributed by atoms with Crippen LogP contribution in [0.3, 0.4) is 0 Å². The zero-order valence-electron chi connectivity index (χ0n) is 33.3. The molecule has 0 atom stereocenters. The van der Waals surface area contributed by atoms with Gasteiger partial charge < -0.3 is 0 Å². The number of hydrogen-bond acceptors (Lipinski definition) is 4. The molecule has 0 radical (unpaired) electrons. The molecule has 0 fully saturated rings. The van der Waals surface area contributed by atoms with Gasteiger partial charge in [-0.1, -0.05) is 133 Å². The van der Waals surface area contributed by atoms with E-state index >= 15 is 0 Å². The average Bonchev–Trinajstić information content (AvgIpc) is 3.61. The van der Waals surface area contributed by atoms with Gasteiger partial charge in [-0.05, 0) is 40.4 Å². The lowest BCUT2D eigenvalue weighted by molar-refractivity contribution is 1.07. The quantitative estimate of drug-likeness (QED) is 0.204. The molecule has 0 aliphatic heterocycles. The van der Waals surface area contributed by atoms with Crippen molar-refractivity contribution in [2.24, 2.45) is 0 Å². The van der Waals surface area contributed by atoms with Crippen molar-refractivity contribution in [3.8, 4) is 56.4 Å². The van der Waals surface area contributed by atoms with Gasteiger partial charge in [0, 0.05) is 36.9 Å². The van der Waals surface area contributed by atoms with Crippen LogP contribution in [0, 0.1) is 0 Å². The molecule has 4 heteroatoms. The highest BCUT2D eigenvalue weighted by Gasteiger charge is 2.16. The maximum absolute atomic E-state index is 9.44. The Balaban J connectivity index is 1.42. The standard InChI is InChI=1S/C39H25N3S/c1-4-12-26(13-5-1)29-21-23-35-34(24-29)32-22-20-30(25-36(32)43-35)38-40-37(28-16-8-3-9-17-28)41-39(42-38)33-19-11-10-18-31(33)27-14-6-2-7-15-27/h1-25H/i1D,4D,5D,12D,13D,20D,21D,22D,23D,24D,25D. The van der Waals surface area contributed by atoms with Crippen molar-refractivity contribution in [2.75, 3.05) is 0 Å². The van der Waals surface area contributed by atoms with Crippen LogP contribution < -0.4 is 0 Å². The molecule has 0 bridgehead atoms. The molecule has 0 unspecified atom stereocenters. The number of nitrogens with zero attached hydrogens (tertiary/aromatic N) is 3. The fourth-order valence-corrected chi connectivity index (χ4v) is 5.84. The van der Waals surface area contributed by atoms with Crippen LogP contribution >= 0.6 is 11.3 Å². The van der Waals surface area contributed by atoms with E-state index in [1.54, 1.807) is 0 Å². The lowest BCUT2D eigenvalue weighted by atomic mass is 9.99. The second kappa shape index (κ2) is 10.8. The lowest BCUT2D eigenvalue weighted by Crippen LogP contribution is -2.01. The van der Waals surface area contributed by atoms with Crippen LogP contribution in [0.4, 0.5) is 0 Å². The van der Waals surface area contributed by atoms with E-state index in [1.807, 2.05) is 84.9 Å². The number of benzene rings is 6. The van der Waals surface area contributed by atoms with E-state index in [0.717, 1.165) is 22.5 Å². The molecule has 0 N–H and O–H groups in total. The third-order valence-electron chi connectivity index (χ3n) is 6.90. The van der Waals surface area contributed by atoms with Gasteiger partial charge in [0.2, 0.25) is 0 Å².